The Morgan fingerprint density at radius 3 is 2.39 bits per heavy atom. The van der Waals surface area contributed by atoms with Crippen molar-refractivity contribution in [3.8, 4) is 5.75 Å². The van der Waals surface area contributed by atoms with Crippen molar-refractivity contribution in [3.05, 3.63) is 28.8 Å². The number of nitrogens with one attached hydrogen (secondary N) is 1. The molecule has 0 saturated carbocycles. The molecular formula is C15H23NO2. The van der Waals surface area contributed by atoms with Crippen molar-refractivity contribution in [1.82, 2.24) is 5.32 Å². The number of methoxy groups -OCH3 is 1. The molecule has 0 aromatic heterocycles. The second-order valence-electron chi connectivity index (χ2n) is 5.64. The van der Waals surface area contributed by atoms with E-state index in [0.717, 1.165) is 22.4 Å². The average molecular weight is 249 g/mol. The van der Waals surface area contributed by atoms with Crippen LogP contribution in [0.3, 0.4) is 0 Å². The summed E-state index contributed by atoms with van der Waals surface area (Å²) in [7, 11) is 1.69. The van der Waals surface area contributed by atoms with Crippen LogP contribution in [0.15, 0.2) is 12.1 Å². The Hall–Kier alpha value is -1.51. The molecule has 1 amide bonds. The highest BCUT2D eigenvalue weighted by Crippen LogP contribution is 2.33. The molecular weight excluding hydrogens is 226 g/mol. The summed E-state index contributed by atoms with van der Waals surface area (Å²) in [6.45, 7) is 10.6. The molecule has 0 aliphatic carbocycles. The predicted octanol–water partition coefficient (Wildman–Crippen LogP) is 2.94. The van der Waals surface area contributed by atoms with Gasteiger partial charge < -0.3 is 10.1 Å². The number of hydrogen-bond donors (Lipinski definition) is 1. The third kappa shape index (κ3) is 3.49. The van der Waals surface area contributed by atoms with Gasteiger partial charge in [0.2, 0.25) is 5.91 Å². The van der Waals surface area contributed by atoms with Crippen LogP contribution in [0, 0.1) is 6.92 Å². The molecule has 1 aromatic rings. The van der Waals surface area contributed by atoms with Crippen LogP contribution in [0.1, 0.15) is 44.4 Å². The van der Waals surface area contributed by atoms with Gasteiger partial charge in [-0.3, -0.25) is 4.79 Å². The highest BCUT2D eigenvalue weighted by molar-refractivity contribution is 5.72. The van der Waals surface area contributed by atoms with Gasteiger partial charge in [0.1, 0.15) is 5.75 Å². The second kappa shape index (κ2) is 5.42. The topological polar surface area (TPSA) is 38.3 Å². The van der Waals surface area contributed by atoms with Crippen molar-refractivity contribution < 1.29 is 9.53 Å². The second-order valence-corrected chi connectivity index (χ2v) is 5.64. The van der Waals surface area contributed by atoms with Gasteiger partial charge in [0.15, 0.2) is 0 Å². The predicted molar refractivity (Wildman–Crippen MR) is 74.0 cm³/mol. The van der Waals surface area contributed by atoms with E-state index in [4.69, 9.17) is 4.74 Å². The van der Waals surface area contributed by atoms with Crippen LogP contribution in [0.2, 0.25) is 0 Å². The van der Waals surface area contributed by atoms with Crippen LogP contribution in [-0.4, -0.2) is 13.0 Å². The summed E-state index contributed by atoms with van der Waals surface area (Å²) >= 11 is 0. The lowest BCUT2D eigenvalue weighted by Crippen LogP contribution is -2.21. The maximum absolute atomic E-state index is 11.0. The number of ether oxygens (including phenoxy) is 1. The Kier molecular flexibility index (Phi) is 4.38. The molecule has 0 spiro atoms. The van der Waals surface area contributed by atoms with E-state index in [9.17, 15) is 4.79 Å². The summed E-state index contributed by atoms with van der Waals surface area (Å²) in [6, 6.07) is 4.17. The summed E-state index contributed by atoms with van der Waals surface area (Å²) in [5.41, 5.74) is 3.45. The Morgan fingerprint density at radius 1 is 1.33 bits per heavy atom. The number of carbonyl (C=O) groups excluding carboxylic acids is 1. The van der Waals surface area contributed by atoms with Crippen LogP contribution in [-0.2, 0) is 16.8 Å². The fourth-order valence-corrected chi connectivity index (χ4v) is 1.89. The number of benzene rings is 1. The number of rotatable bonds is 3. The fourth-order valence-electron chi connectivity index (χ4n) is 1.89. The quantitative estimate of drug-likeness (QED) is 0.894. The molecule has 3 heteroatoms. The van der Waals surface area contributed by atoms with Crippen molar-refractivity contribution in [2.24, 2.45) is 0 Å². The van der Waals surface area contributed by atoms with E-state index in [1.807, 2.05) is 13.0 Å². The normalized spacial score (nSPS) is 11.2. The highest BCUT2D eigenvalue weighted by atomic mass is 16.5. The van der Waals surface area contributed by atoms with Gasteiger partial charge >= 0.3 is 0 Å². The first-order valence-electron chi connectivity index (χ1n) is 6.18. The van der Waals surface area contributed by atoms with Crippen LogP contribution in [0.5, 0.6) is 5.75 Å². The number of hydrogen-bond acceptors (Lipinski definition) is 2. The minimum Gasteiger partial charge on any atom is -0.496 e. The van der Waals surface area contributed by atoms with Crippen molar-refractivity contribution in [3.63, 3.8) is 0 Å². The Bertz CT molecular complexity index is 445. The van der Waals surface area contributed by atoms with E-state index < -0.39 is 0 Å². The summed E-state index contributed by atoms with van der Waals surface area (Å²) < 4.78 is 5.45. The van der Waals surface area contributed by atoms with E-state index in [1.165, 1.54) is 6.92 Å². The van der Waals surface area contributed by atoms with Crippen LogP contribution < -0.4 is 10.1 Å². The molecule has 1 aromatic carbocycles. The lowest BCUT2D eigenvalue weighted by molar-refractivity contribution is -0.119. The molecule has 0 heterocycles. The highest BCUT2D eigenvalue weighted by Gasteiger charge is 2.20. The monoisotopic (exact) mass is 249 g/mol. The SMILES string of the molecule is COc1cc(C)c(CNC(C)=O)cc1C(C)(C)C. The van der Waals surface area contributed by atoms with Crippen molar-refractivity contribution >= 4 is 5.91 Å². The van der Waals surface area contributed by atoms with Crippen molar-refractivity contribution in [1.29, 1.82) is 0 Å². The molecule has 1 N–H and O–H groups in total. The maximum Gasteiger partial charge on any atom is 0.217 e. The zero-order chi connectivity index (χ0) is 13.9. The zero-order valence-corrected chi connectivity index (χ0v) is 12.2. The van der Waals surface area contributed by atoms with Gasteiger partial charge in [-0.1, -0.05) is 20.8 Å². The van der Waals surface area contributed by atoms with E-state index in [0.29, 0.717) is 6.54 Å². The van der Waals surface area contributed by atoms with Crippen LogP contribution >= 0.6 is 0 Å². The smallest absolute Gasteiger partial charge is 0.217 e. The van der Waals surface area contributed by atoms with Gasteiger partial charge in [-0.2, -0.15) is 0 Å². The molecule has 3 nitrogen and oxygen atoms in total. The first-order chi connectivity index (χ1) is 8.25. The molecule has 1 rings (SSSR count). The maximum atomic E-state index is 11.0. The fraction of sp³-hybridized carbons (Fsp3) is 0.533. The summed E-state index contributed by atoms with van der Waals surface area (Å²) in [4.78, 5) is 11.0. The summed E-state index contributed by atoms with van der Waals surface area (Å²) in [6.07, 6.45) is 0. The first-order valence-corrected chi connectivity index (χ1v) is 6.18. The molecule has 0 saturated heterocycles. The van der Waals surface area contributed by atoms with Gasteiger partial charge in [0, 0.05) is 13.5 Å². The molecule has 0 atom stereocenters. The molecule has 100 valence electrons. The van der Waals surface area contributed by atoms with Gasteiger partial charge in [-0.05, 0) is 41.2 Å². The zero-order valence-electron chi connectivity index (χ0n) is 12.2. The molecule has 0 fully saturated rings. The number of aryl methyl sites for hydroxylation is 1. The van der Waals surface area contributed by atoms with Gasteiger partial charge in [0.25, 0.3) is 0 Å². The molecule has 0 bridgehead atoms. The van der Waals surface area contributed by atoms with Gasteiger partial charge in [0.05, 0.1) is 7.11 Å². The number of amides is 1. The summed E-state index contributed by atoms with van der Waals surface area (Å²) in [5, 5.41) is 2.84. The van der Waals surface area contributed by atoms with E-state index in [1.54, 1.807) is 7.11 Å². The van der Waals surface area contributed by atoms with Gasteiger partial charge in [-0.25, -0.2) is 0 Å². The third-order valence-corrected chi connectivity index (χ3v) is 2.99. The standard InChI is InChI=1S/C15H23NO2/c1-10-7-14(18-6)13(15(3,4)5)8-12(10)9-16-11(2)17/h7-8H,9H2,1-6H3,(H,16,17). The van der Waals surface area contributed by atoms with Crippen LogP contribution in [0.4, 0.5) is 0 Å². The average Bonchev–Trinajstić information content (AvgIpc) is 2.25. The van der Waals surface area contributed by atoms with E-state index in [2.05, 4.69) is 32.2 Å². The molecule has 0 unspecified atom stereocenters. The van der Waals surface area contributed by atoms with Crippen LogP contribution in [0.25, 0.3) is 0 Å². The minimum absolute atomic E-state index is 0.0115. The molecule has 0 radical (unpaired) electrons. The molecule has 18 heavy (non-hydrogen) atoms. The Labute approximate surface area is 110 Å². The molecule has 0 aliphatic heterocycles. The largest absolute Gasteiger partial charge is 0.496 e. The Morgan fingerprint density at radius 2 is 1.94 bits per heavy atom. The molecule has 0 aliphatic rings. The minimum atomic E-state index is -0.0115. The lowest BCUT2D eigenvalue weighted by atomic mass is 9.84. The summed E-state index contributed by atoms with van der Waals surface area (Å²) in [5.74, 6) is 0.897. The first kappa shape index (κ1) is 14.6. The third-order valence-electron chi connectivity index (χ3n) is 2.99. The Balaban J connectivity index is 3.17. The van der Waals surface area contributed by atoms with Crippen molar-refractivity contribution in [2.45, 2.75) is 46.6 Å². The lowest BCUT2D eigenvalue weighted by Gasteiger charge is -2.24. The van der Waals surface area contributed by atoms with Gasteiger partial charge in [-0.15, -0.1) is 0 Å². The van der Waals surface area contributed by atoms with E-state index in [-0.39, 0.29) is 11.3 Å². The number of carbonyl (C=O) groups is 1. The van der Waals surface area contributed by atoms with E-state index >= 15 is 0 Å². The van der Waals surface area contributed by atoms with Crippen molar-refractivity contribution in [2.75, 3.05) is 7.11 Å².